The predicted molar refractivity (Wildman–Crippen MR) is 58.7 cm³/mol. The minimum atomic E-state index is -4.39. The number of H-pyrrole nitrogens is 1. The Morgan fingerprint density at radius 1 is 1.22 bits per heavy atom. The molecule has 0 saturated carbocycles. The molecule has 0 saturated heterocycles. The first-order valence-electron chi connectivity index (χ1n) is 5.35. The number of alkyl halides is 3. The van der Waals surface area contributed by atoms with Crippen LogP contribution in [0.25, 0.3) is 11.4 Å². The fourth-order valence-corrected chi connectivity index (χ4v) is 1.91. The molecule has 0 fully saturated rings. The molecule has 4 nitrogen and oxygen atoms in total. The van der Waals surface area contributed by atoms with Crippen molar-refractivity contribution < 1.29 is 13.2 Å². The van der Waals surface area contributed by atoms with Crippen LogP contribution in [0.4, 0.5) is 13.2 Å². The Kier molecular flexibility index (Phi) is 3.06. The van der Waals surface area contributed by atoms with Crippen LogP contribution in [0.1, 0.15) is 30.9 Å². The van der Waals surface area contributed by atoms with E-state index in [0.29, 0.717) is 5.56 Å². The number of benzene rings is 1. The third-order valence-electron chi connectivity index (χ3n) is 2.58. The number of nitrogens with zero attached hydrogens (tertiary/aromatic N) is 3. The van der Waals surface area contributed by atoms with Crippen molar-refractivity contribution in [2.24, 2.45) is 0 Å². The smallest absolute Gasteiger partial charge is 0.177 e. The van der Waals surface area contributed by atoms with Gasteiger partial charge in [0.05, 0.1) is 5.56 Å². The Morgan fingerprint density at radius 3 is 2.44 bits per heavy atom. The highest BCUT2D eigenvalue weighted by Crippen LogP contribution is 2.39. The number of hydrogen-bond donors (Lipinski definition) is 1. The summed E-state index contributed by atoms with van der Waals surface area (Å²) in [6.45, 7) is 3.41. The van der Waals surface area contributed by atoms with Gasteiger partial charge in [0, 0.05) is 5.56 Å². The van der Waals surface area contributed by atoms with Gasteiger partial charge in [-0.2, -0.15) is 18.4 Å². The molecule has 0 aliphatic carbocycles. The fraction of sp³-hybridized carbons (Fsp3) is 0.364. The quantitative estimate of drug-likeness (QED) is 0.898. The van der Waals surface area contributed by atoms with Gasteiger partial charge in [-0.05, 0) is 22.8 Å². The first kappa shape index (κ1) is 12.5. The van der Waals surface area contributed by atoms with Crippen molar-refractivity contribution in [3.8, 4) is 11.4 Å². The number of rotatable bonds is 2. The summed E-state index contributed by atoms with van der Waals surface area (Å²) >= 11 is 0. The van der Waals surface area contributed by atoms with Crippen molar-refractivity contribution >= 4 is 0 Å². The second kappa shape index (κ2) is 4.40. The zero-order valence-electron chi connectivity index (χ0n) is 9.78. The number of tetrazole rings is 1. The highest BCUT2D eigenvalue weighted by atomic mass is 19.4. The molecule has 0 radical (unpaired) electrons. The molecule has 0 aliphatic heterocycles. The van der Waals surface area contributed by atoms with Gasteiger partial charge >= 0.3 is 6.18 Å². The summed E-state index contributed by atoms with van der Waals surface area (Å²) in [5, 5.41) is 13.1. The third kappa shape index (κ3) is 2.20. The standard InChI is InChI=1S/C11H11F3N4/c1-6(2)9-7(10-15-17-18-16-10)4-3-5-8(9)11(12,13)14/h3-6H,1-2H3,(H,15,16,17,18). The lowest BCUT2D eigenvalue weighted by Crippen LogP contribution is -2.11. The topological polar surface area (TPSA) is 54.5 Å². The summed E-state index contributed by atoms with van der Waals surface area (Å²) in [6, 6.07) is 3.98. The zero-order valence-corrected chi connectivity index (χ0v) is 9.78. The molecule has 0 bridgehead atoms. The SMILES string of the molecule is CC(C)c1c(-c2nn[nH]n2)cccc1C(F)(F)F. The lowest BCUT2D eigenvalue weighted by Gasteiger charge is -2.18. The average Bonchev–Trinajstić information content (AvgIpc) is 2.80. The van der Waals surface area contributed by atoms with Gasteiger partial charge in [0.15, 0.2) is 0 Å². The average molecular weight is 256 g/mol. The maximum atomic E-state index is 13.0. The number of hydrogen-bond acceptors (Lipinski definition) is 3. The highest BCUT2D eigenvalue weighted by molar-refractivity contribution is 5.63. The molecule has 1 aromatic carbocycles. The van der Waals surface area contributed by atoms with Gasteiger partial charge in [-0.15, -0.1) is 10.2 Å². The molecule has 1 aromatic heterocycles. The molecule has 18 heavy (non-hydrogen) atoms. The molecule has 1 heterocycles. The summed E-state index contributed by atoms with van der Waals surface area (Å²) in [6.07, 6.45) is -4.39. The summed E-state index contributed by atoms with van der Waals surface area (Å²) in [5.74, 6) is -0.124. The van der Waals surface area contributed by atoms with Crippen molar-refractivity contribution in [2.75, 3.05) is 0 Å². The lowest BCUT2D eigenvalue weighted by molar-refractivity contribution is -0.138. The normalized spacial score (nSPS) is 12.1. The monoisotopic (exact) mass is 256 g/mol. The minimum Gasteiger partial charge on any atom is -0.177 e. The zero-order chi connectivity index (χ0) is 13.3. The molecule has 2 rings (SSSR count). The van der Waals surface area contributed by atoms with E-state index in [1.807, 2.05) is 0 Å². The second-order valence-corrected chi connectivity index (χ2v) is 4.15. The summed E-state index contributed by atoms with van der Waals surface area (Å²) < 4.78 is 38.9. The fourth-order valence-electron chi connectivity index (χ4n) is 1.91. The Labute approximate surface area is 101 Å². The van der Waals surface area contributed by atoms with E-state index in [1.165, 1.54) is 6.07 Å². The lowest BCUT2D eigenvalue weighted by atomic mass is 9.91. The molecule has 0 spiro atoms. The van der Waals surface area contributed by atoms with Gasteiger partial charge in [-0.3, -0.25) is 0 Å². The van der Waals surface area contributed by atoms with Gasteiger partial charge in [-0.1, -0.05) is 26.0 Å². The van der Waals surface area contributed by atoms with E-state index < -0.39 is 11.7 Å². The molecular formula is C11H11F3N4. The molecule has 96 valence electrons. The maximum Gasteiger partial charge on any atom is 0.416 e. The Morgan fingerprint density at radius 2 is 1.94 bits per heavy atom. The van der Waals surface area contributed by atoms with Crippen molar-refractivity contribution in [1.82, 2.24) is 20.6 Å². The van der Waals surface area contributed by atoms with Crippen LogP contribution in [0.2, 0.25) is 0 Å². The highest BCUT2D eigenvalue weighted by Gasteiger charge is 2.35. The van der Waals surface area contributed by atoms with Crippen LogP contribution in [0.5, 0.6) is 0 Å². The Balaban J connectivity index is 2.68. The van der Waals surface area contributed by atoms with E-state index in [0.717, 1.165) is 6.07 Å². The number of aromatic nitrogens is 4. The van der Waals surface area contributed by atoms with Crippen molar-refractivity contribution in [3.05, 3.63) is 29.3 Å². The molecule has 0 amide bonds. The molecule has 0 atom stereocenters. The number of halogens is 3. The molecule has 0 aliphatic rings. The van der Waals surface area contributed by atoms with Crippen molar-refractivity contribution in [1.29, 1.82) is 0 Å². The van der Waals surface area contributed by atoms with E-state index in [1.54, 1.807) is 19.9 Å². The van der Waals surface area contributed by atoms with Crippen LogP contribution in [-0.2, 0) is 6.18 Å². The van der Waals surface area contributed by atoms with Gasteiger partial charge in [0.1, 0.15) is 0 Å². The van der Waals surface area contributed by atoms with Gasteiger partial charge in [0.2, 0.25) is 5.82 Å². The van der Waals surface area contributed by atoms with E-state index in [9.17, 15) is 13.2 Å². The largest absolute Gasteiger partial charge is 0.416 e. The van der Waals surface area contributed by atoms with E-state index in [-0.39, 0.29) is 17.3 Å². The molecule has 7 heteroatoms. The predicted octanol–water partition coefficient (Wildman–Crippen LogP) is 3.01. The first-order valence-corrected chi connectivity index (χ1v) is 5.35. The van der Waals surface area contributed by atoms with Crippen LogP contribution < -0.4 is 0 Å². The Bertz CT molecular complexity index is 532. The van der Waals surface area contributed by atoms with Gasteiger partial charge in [-0.25, -0.2) is 0 Å². The molecule has 2 aromatic rings. The van der Waals surface area contributed by atoms with Crippen LogP contribution >= 0.6 is 0 Å². The minimum absolute atomic E-state index is 0.171. The van der Waals surface area contributed by atoms with Crippen molar-refractivity contribution in [2.45, 2.75) is 25.9 Å². The second-order valence-electron chi connectivity index (χ2n) is 4.15. The number of nitrogens with one attached hydrogen (secondary N) is 1. The Hall–Kier alpha value is -1.92. The van der Waals surface area contributed by atoms with Crippen LogP contribution in [0, 0.1) is 0 Å². The van der Waals surface area contributed by atoms with Crippen molar-refractivity contribution in [3.63, 3.8) is 0 Å². The van der Waals surface area contributed by atoms with E-state index >= 15 is 0 Å². The van der Waals surface area contributed by atoms with Crippen LogP contribution in [0.15, 0.2) is 18.2 Å². The molecule has 1 N–H and O–H groups in total. The van der Waals surface area contributed by atoms with Gasteiger partial charge in [0.25, 0.3) is 0 Å². The summed E-state index contributed by atoms with van der Waals surface area (Å²) in [5.41, 5.74) is -0.111. The van der Waals surface area contributed by atoms with Crippen LogP contribution in [0.3, 0.4) is 0 Å². The molecule has 0 unspecified atom stereocenters. The van der Waals surface area contributed by atoms with E-state index in [4.69, 9.17) is 0 Å². The summed E-state index contributed by atoms with van der Waals surface area (Å²) in [7, 11) is 0. The summed E-state index contributed by atoms with van der Waals surface area (Å²) in [4.78, 5) is 0. The third-order valence-corrected chi connectivity index (χ3v) is 2.58. The number of aromatic amines is 1. The van der Waals surface area contributed by atoms with Gasteiger partial charge < -0.3 is 0 Å². The van der Waals surface area contributed by atoms with Crippen LogP contribution in [-0.4, -0.2) is 20.6 Å². The van der Waals surface area contributed by atoms with E-state index in [2.05, 4.69) is 20.6 Å². The first-order chi connectivity index (χ1) is 8.41. The molecular weight excluding hydrogens is 245 g/mol. The maximum absolute atomic E-state index is 13.0.